The molecule has 0 saturated carbocycles. The van der Waals surface area contributed by atoms with Crippen molar-refractivity contribution in [1.29, 1.82) is 0 Å². The SMILES string of the molecule is COC(=O)c1cc(Cl)c(NC(=O)N2CCC(NC(=O)c3cccnc3)CC2)cc1OC. The summed E-state index contributed by atoms with van der Waals surface area (Å²) in [7, 11) is 2.67. The van der Waals surface area contributed by atoms with E-state index in [1.165, 1.54) is 32.5 Å². The van der Waals surface area contributed by atoms with Gasteiger partial charge in [0.05, 0.1) is 30.5 Å². The lowest BCUT2D eigenvalue weighted by atomic mass is 10.0. The number of hydrogen-bond donors (Lipinski definition) is 2. The van der Waals surface area contributed by atoms with E-state index in [-0.39, 0.29) is 34.3 Å². The van der Waals surface area contributed by atoms with Crippen LogP contribution in [0, 0.1) is 0 Å². The first-order valence-electron chi connectivity index (χ1n) is 9.65. The summed E-state index contributed by atoms with van der Waals surface area (Å²) in [6.45, 7) is 0.942. The van der Waals surface area contributed by atoms with Crippen molar-refractivity contribution in [2.24, 2.45) is 0 Å². The quantitative estimate of drug-likeness (QED) is 0.683. The molecule has 3 amide bonds. The number of anilines is 1. The summed E-state index contributed by atoms with van der Waals surface area (Å²) >= 11 is 6.23. The number of amides is 3. The van der Waals surface area contributed by atoms with E-state index in [1.54, 1.807) is 23.2 Å². The van der Waals surface area contributed by atoms with E-state index < -0.39 is 5.97 Å². The lowest BCUT2D eigenvalue weighted by Gasteiger charge is -2.32. The minimum absolute atomic E-state index is 0.0280. The second-order valence-electron chi connectivity index (χ2n) is 6.93. The number of urea groups is 1. The van der Waals surface area contributed by atoms with Crippen molar-refractivity contribution in [3.8, 4) is 5.75 Å². The molecular formula is C21H23ClN4O5. The number of carbonyl (C=O) groups is 3. The van der Waals surface area contributed by atoms with Gasteiger partial charge in [0.2, 0.25) is 0 Å². The van der Waals surface area contributed by atoms with E-state index in [0.717, 1.165) is 0 Å². The smallest absolute Gasteiger partial charge is 0.341 e. The zero-order valence-electron chi connectivity index (χ0n) is 17.2. The molecule has 3 rings (SSSR count). The third kappa shape index (κ3) is 5.43. The molecule has 2 heterocycles. The molecule has 0 atom stereocenters. The van der Waals surface area contributed by atoms with Crippen LogP contribution in [0.25, 0.3) is 0 Å². The number of benzene rings is 1. The highest BCUT2D eigenvalue weighted by Crippen LogP contribution is 2.31. The summed E-state index contributed by atoms with van der Waals surface area (Å²) in [5, 5.41) is 5.91. The number of halogens is 1. The van der Waals surface area contributed by atoms with Gasteiger partial charge in [-0.05, 0) is 31.0 Å². The summed E-state index contributed by atoms with van der Waals surface area (Å²) < 4.78 is 9.92. The Morgan fingerprint density at radius 2 is 1.94 bits per heavy atom. The maximum absolute atomic E-state index is 12.7. The molecule has 0 spiro atoms. The molecule has 1 fully saturated rings. The number of aromatic nitrogens is 1. The first kappa shape index (κ1) is 22.4. The number of likely N-dealkylation sites (tertiary alicyclic amines) is 1. The van der Waals surface area contributed by atoms with Gasteiger partial charge in [-0.15, -0.1) is 0 Å². The molecule has 1 saturated heterocycles. The standard InChI is InChI=1S/C21H23ClN4O5/c1-30-18-11-17(16(22)10-15(18)20(28)31-2)25-21(29)26-8-5-14(6-9-26)24-19(27)13-4-3-7-23-12-13/h3-4,7,10-12,14H,5-6,8-9H2,1-2H3,(H,24,27)(H,25,29). The Bertz CT molecular complexity index is 962. The minimum Gasteiger partial charge on any atom is -0.496 e. The van der Waals surface area contributed by atoms with Crippen LogP contribution in [0.1, 0.15) is 33.6 Å². The Labute approximate surface area is 184 Å². The summed E-state index contributed by atoms with van der Waals surface area (Å²) in [4.78, 5) is 42.4. The van der Waals surface area contributed by atoms with Gasteiger partial charge in [0.15, 0.2) is 0 Å². The largest absolute Gasteiger partial charge is 0.496 e. The molecule has 1 aliphatic rings. The highest BCUT2D eigenvalue weighted by molar-refractivity contribution is 6.34. The zero-order valence-corrected chi connectivity index (χ0v) is 17.9. The number of nitrogens with one attached hydrogen (secondary N) is 2. The molecule has 9 nitrogen and oxygen atoms in total. The average molecular weight is 447 g/mol. The summed E-state index contributed by atoms with van der Waals surface area (Å²) in [5.41, 5.74) is 0.989. The van der Waals surface area contributed by atoms with Crippen LogP contribution in [0.3, 0.4) is 0 Å². The van der Waals surface area contributed by atoms with Crippen LogP contribution < -0.4 is 15.4 Å². The number of hydrogen-bond acceptors (Lipinski definition) is 6. The molecule has 0 aliphatic carbocycles. The zero-order chi connectivity index (χ0) is 22.4. The number of ether oxygens (including phenoxy) is 2. The first-order chi connectivity index (χ1) is 14.9. The minimum atomic E-state index is -0.591. The third-order valence-corrected chi connectivity index (χ3v) is 5.29. The van der Waals surface area contributed by atoms with Gasteiger partial charge in [-0.3, -0.25) is 9.78 Å². The van der Waals surface area contributed by atoms with E-state index in [1.807, 2.05) is 0 Å². The maximum atomic E-state index is 12.7. The molecule has 1 aromatic heterocycles. The molecule has 0 bridgehead atoms. The first-order valence-corrected chi connectivity index (χ1v) is 10.0. The van der Waals surface area contributed by atoms with Crippen LogP contribution in [0.4, 0.5) is 10.5 Å². The number of piperidine rings is 1. The number of methoxy groups -OCH3 is 2. The van der Waals surface area contributed by atoms with E-state index in [0.29, 0.717) is 37.2 Å². The third-order valence-electron chi connectivity index (χ3n) is 4.98. The van der Waals surface area contributed by atoms with Crippen molar-refractivity contribution in [2.75, 3.05) is 32.6 Å². The van der Waals surface area contributed by atoms with Crippen LogP contribution >= 0.6 is 11.6 Å². The van der Waals surface area contributed by atoms with Crippen LogP contribution in [-0.2, 0) is 4.74 Å². The van der Waals surface area contributed by atoms with Gasteiger partial charge in [0.1, 0.15) is 11.3 Å². The van der Waals surface area contributed by atoms with Gasteiger partial charge in [-0.2, -0.15) is 0 Å². The lowest BCUT2D eigenvalue weighted by molar-refractivity contribution is 0.0597. The van der Waals surface area contributed by atoms with Crippen molar-refractivity contribution in [3.63, 3.8) is 0 Å². The Kier molecular flexibility index (Phi) is 7.30. The monoisotopic (exact) mass is 446 g/mol. The summed E-state index contributed by atoms with van der Waals surface area (Å²) in [5.74, 6) is -0.532. The fourth-order valence-electron chi connectivity index (χ4n) is 3.27. The van der Waals surface area contributed by atoms with Crippen molar-refractivity contribution in [2.45, 2.75) is 18.9 Å². The Hall–Kier alpha value is -3.33. The number of nitrogens with zero attached hydrogens (tertiary/aromatic N) is 2. The molecule has 2 N–H and O–H groups in total. The average Bonchev–Trinajstić information content (AvgIpc) is 2.80. The Morgan fingerprint density at radius 3 is 2.55 bits per heavy atom. The number of pyridine rings is 1. The Balaban J connectivity index is 1.58. The van der Waals surface area contributed by atoms with E-state index in [4.69, 9.17) is 21.1 Å². The van der Waals surface area contributed by atoms with E-state index in [9.17, 15) is 14.4 Å². The molecule has 1 aromatic carbocycles. The van der Waals surface area contributed by atoms with Crippen molar-refractivity contribution in [3.05, 3.63) is 52.8 Å². The number of esters is 1. The van der Waals surface area contributed by atoms with Gasteiger partial charge in [0.25, 0.3) is 5.91 Å². The Morgan fingerprint density at radius 1 is 1.19 bits per heavy atom. The van der Waals surface area contributed by atoms with Gasteiger partial charge in [0, 0.05) is 37.6 Å². The predicted octanol–water partition coefficient (Wildman–Crippen LogP) is 2.96. The van der Waals surface area contributed by atoms with Crippen LogP contribution in [0.15, 0.2) is 36.7 Å². The topological polar surface area (TPSA) is 110 Å². The van der Waals surface area contributed by atoms with Crippen LogP contribution in [-0.4, -0.2) is 61.1 Å². The molecule has 0 radical (unpaired) electrons. The molecule has 31 heavy (non-hydrogen) atoms. The molecule has 0 unspecified atom stereocenters. The van der Waals surface area contributed by atoms with Crippen molar-refractivity contribution < 1.29 is 23.9 Å². The molecule has 1 aliphatic heterocycles. The van der Waals surface area contributed by atoms with E-state index in [2.05, 4.69) is 15.6 Å². The van der Waals surface area contributed by atoms with Gasteiger partial charge < -0.3 is 25.0 Å². The van der Waals surface area contributed by atoms with Gasteiger partial charge >= 0.3 is 12.0 Å². The number of carbonyl (C=O) groups excluding carboxylic acids is 3. The second kappa shape index (κ2) is 10.1. The molecular weight excluding hydrogens is 424 g/mol. The molecule has 2 aromatic rings. The normalized spacial score (nSPS) is 14.0. The maximum Gasteiger partial charge on any atom is 0.341 e. The van der Waals surface area contributed by atoms with Gasteiger partial charge in [-0.25, -0.2) is 9.59 Å². The molecule has 10 heteroatoms. The highest BCUT2D eigenvalue weighted by atomic mass is 35.5. The second-order valence-corrected chi connectivity index (χ2v) is 7.34. The van der Waals surface area contributed by atoms with E-state index >= 15 is 0 Å². The lowest BCUT2D eigenvalue weighted by Crippen LogP contribution is -2.47. The van der Waals surface area contributed by atoms with Gasteiger partial charge in [-0.1, -0.05) is 11.6 Å². The predicted molar refractivity (Wildman–Crippen MR) is 115 cm³/mol. The van der Waals surface area contributed by atoms with Crippen LogP contribution in [0.5, 0.6) is 5.75 Å². The highest BCUT2D eigenvalue weighted by Gasteiger charge is 2.25. The van der Waals surface area contributed by atoms with Crippen molar-refractivity contribution in [1.82, 2.24) is 15.2 Å². The fraction of sp³-hybridized carbons (Fsp3) is 0.333. The molecule has 164 valence electrons. The fourth-order valence-corrected chi connectivity index (χ4v) is 3.49. The van der Waals surface area contributed by atoms with Crippen LogP contribution in [0.2, 0.25) is 5.02 Å². The summed E-state index contributed by atoms with van der Waals surface area (Å²) in [6.07, 6.45) is 4.37. The number of rotatable bonds is 5. The summed E-state index contributed by atoms with van der Waals surface area (Å²) in [6, 6.07) is 5.93. The van der Waals surface area contributed by atoms with Crippen molar-refractivity contribution >= 4 is 35.2 Å².